The molecule has 9 nitrogen and oxygen atoms in total. The van der Waals surface area contributed by atoms with Gasteiger partial charge in [0.1, 0.15) is 5.75 Å². The third-order valence-electron chi connectivity index (χ3n) is 7.63. The van der Waals surface area contributed by atoms with Crippen molar-refractivity contribution in [3.63, 3.8) is 0 Å². The number of hydrazine groups is 1. The van der Waals surface area contributed by atoms with Crippen molar-refractivity contribution in [1.29, 1.82) is 0 Å². The molecule has 252 valence electrons. The van der Waals surface area contributed by atoms with E-state index in [1.807, 2.05) is 0 Å². The van der Waals surface area contributed by atoms with E-state index >= 15 is 0 Å². The van der Waals surface area contributed by atoms with Crippen LogP contribution in [0.15, 0.2) is 101 Å². The number of carbonyl (C=O) groups excluding carboxylic acids is 1. The number of hydrogen-bond acceptors (Lipinski definition) is 8. The summed E-state index contributed by atoms with van der Waals surface area (Å²) in [5.41, 5.74) is 5.33. The second-order valence-electron chi connectivity index (χ2n) is 10.9. The Balaban J connectivity index is 1.54. The first kappa shape index (κ1) is 35.9. The summed E-state index contributed by atoms with van der Waals surface area (Å²) in [5.74, 6) is -0.440. The van der Waals surface area contributed by atoms with Crippen LogP contribution in [0.3, 0.4) is 0 Å². The number of halogens is 4. The Morgan fingerprint density at radius 3 is 2.27 bits per heavy atom. The highest BCUT2D eigenvalue weighted by molar-refractivity contribution is 7.91. The summed E-state index contributed by atoms with van der Waals surface area (Å²) in [6.07, 6.45) is -0.942. The van der Waals surface area contributed by atoms with E-state index in [4.69, 9.17) is 66.0 Å². The second-order valence-corrected chi connectivity index (χ2v) is 14.7. The highest BCUT2D eigenvalue weighted by Gasteiger charge is 2.54. The summed E-state index contributed by atoms with van der Waals surface area (Å²) in [7, 11) is -3.86. The average molecular weight is 752 g/mol. The largest absolute Gasteiger partial charge is 0.494 e. The highest BCUT2D eigenvalue weighted by atomic mass is 35.5. The minimum absolute atomic E-state index is 0.00309. The number of amides is 1. The van der Waals surface area contributed by atoms with Crippen LogP contribution in [0.5, 0.6) is 5.75 Å². The zero-order valence-corrected chi connectivity index (χ0v) is 29.2. The van der Waals surface area contributed by atoms with Gasteiger partial charge in [0.15, 0.2) is 21.5 Å². The third-order valence-corrected chi connectivity index (χ3v) is 10.5. The van der Waals surface area contributed by atoms with Gasteiger partial charge in [0.2, 0.25) is 5.90 Å². The molecular weight excluding hydrogens is 720 g/mol. The lowest BCUT2D eigenvalue weighted by molar-refractivity contribution is -0.130. The van der Waals surface area contributed by atoms with Gasteiger partial charge in [0.05, 0.1) is 17.3 Å². The number of hydrogen-bond donors (Lipinski definition) is 3. The zero-order chi connectivity index (χ0) is 34.3. The fourth-order valence-electron chi connectivity index (χ4n) is 5.09. The first-order valence-corrected chi connectivity index (χ1v) is 18.0. The summed E-state index contributed by atoms with van der Waals surface area (Å²) in [6.45, 7) is 0.461. The normalized spacial score (nSPS) is 17.4. The molecule has 1 aliphatic rings. The third kappa shape index (κ3) is 8.44. The lowest BCUT2D eigenvalue weighted by atomic mass is 9.85. The van der Waals surface area contributed by atoms with Crippen LogP contribution in [-0.4, -0.2) is 49.8 Å². The lowest BCUT2D eigenvalue weighted by Crippen LogP contribution is -2.53. The molecule has 48 heavy (non-hydrogen) atoms. The lowest BCUT2D eigenvalue weighted by Gasteiger charge is -2.31. The van der Waals surface area contributed by atoms with Gasteiger partial charge in [-0.25, -0.2) is 18.8 Å². The van der Waals surface area contributed by atoms with Gasteiger partial charge in [-0.15, -0.1) is 0 Å². The van der Waals surface area contributed by atoms with Crippen LogP contribution in [0.4, 0.5) is 0 Å². The quantitative estimate of drug-likeness (QED) is 0.0936. The molecular formula is C34H31Cl4N3O6S. The molecule has 0 aliphatic carbocycles. The van der Waals surface area contributed by atoms with E-state index in [0.717, 1.165) is 0 Å². The van der Waals surface area contributed by atoms with E-state index in [1.54, 1.807) is 72.8 Å². The van der Waals surface area contributed by atoms with E-state index in [9.17, 15) is 13.2 Å². The van der Waals surface area contributed by atoms with Gasteiger partial charge in [-0.05, 0) is 66.2 Å². The Morgan fingerprint density at radius 1 is 0.917 bits per heavy atom. The van der Waals surface area contributed by atoms with Crippen molar-refractivity contribution in [1.82, 2.24) is 10.9 Å². The molecule has 0 aromatic heterocycles. The Kier molecular flexibility index (Phi) is 11.9. The summed E-state index contributed by atoms with van der Waals surface area (Å²) in [5, 5.41) is 10.5. The minimum Gasteiger partial charge on any atom is -0.494 e. The standard InChI is InChI=1S/C34H31Cl4N3O6S/c35-24-10-7-23(29(37)19-24)21-39-41-33(43)34(15-18-48(44,45)27-5-2-1-3-6-27)31(28-14-11-25(36)20-30(28)38)47-32(40-34)22-8-12-26(13-9-22)46-17-4-16-42/h1-3,5-14,19-20,31,39,42H,4,15-18,21H2,(H,41,43)/t31-,34-/m0/s1. The monoisotopic (exact) mass is 749 g/mol. The van der Waals surface area contributed by atoms with Crippen molar-refractivity contribution in [2.75, 3.05) is 19.0 Å². The first-order valence-electron chi connectivity index (χ1n) is 14.8. The molecule has 0 fully saturated rings. The van der Waals surface area contributed by atoms with Crippen LogP contribution >= 0.6 is 46.4 Å². The number of aliphatic imine (C=N–C) groups is 1. The average Bonchev–Trinajstić information content (AvgIpc) is 3.46. The van der Waals surface area contributed by atoms with Gasteiger partial charge < -0.3 is 14.6 Å². The predicted molar refractivity (Wildman–Crippen MR) is 188 cm³/mol. The molecule has 0 bridgehead atoms. The molecule has 3 N–H and O–H groups in total. The van der Waals surface area contributed by atoms with Crippen molar-refractivity contribution >= 4 is 68.0 Å². The first-order chi connectivity index (χ1) is 23.0. The maximum Gasteiger partial charge on any atom is 0.266 e. The zero-order valence-electron chi connectivity index (χ0n) is 25.3. The van der Waals surface area contributed by atoms with Crippen LogP contribution in [0, 0.1) is 0 Å². The number of aliphatic hydroxyl groups excluding tert-OH is 1. The maximum absolute atomic E-state index is 14.4. The molecule has 1 amide bonds. The molecule has 0 spiro atoms. The van der Waals surface area contributed by atoms with Crippen LogP contribution in [0.1, 0.15) is 35.6 Å². The maximum atomic E-state index is 14.4. The summed E-state index contributed by atoms with van der Waals surface area (Å²) < 4.78 is 39.1. The van der Waals surface area contributed by atoms with Crippen LogP contribution < -0.4 is 15.6 Å². The highest BCUT2D eigenvalue weighted by Crippen LogP contribution is 2.45. The summed E-state index contributed by atoms with van der Waals surface area (Å²) in [6, 6.07) is 24.5. The van der Waals surface area contributed by atoms with Gasteiger partial charge in [0, 0.05) is 57.2 Å². The number of rotatable bonds is 14. The number of nitrogens with zero attached hydrogens (tertiary/aromatic N) is 1. The molecule has 1 aliphatic heterocycles. The topological polar surface area (TPSA) is 126 Å². The molecule has 0 saturated heterocycles. The van der Waals surface area contributed by atoms with Crippen molar-refractivity contribution in [3.05, 3.63) is 128 Å². The molecule has 0 saturated carbocycles. The predicted octanol–water partition coefficient (Wildman–Crippen LogP) is 7.00. The Labute approximate surface area is 298 Å². The Morgan fingerprint density at radius 2 is 1.60 bits per heavy atom. The van der Waals surface area contributed by atoms with Crippen molar-refractivity contribution < 1.29 is 27.8 Å². The van der Waals surface area contributed by atoms with Gasteiger partial charge in [-0.3, -0.25) is 10.2 Å². The van der Waals surface area contributed by atoms with Gasteiger partial charge in [-0.1, -0.05) is 76.7 Å². The second kappa shape index (κ2) is 15.9. The van der Waals surface area contributed by atoms with Crippen LogP contribution in [0.2, 0.25) is 20.1 Å². The Hall–Kier alpha value is -3.35. The number of benzene rings is 4. The SMILES string of the molecule is O=C(NNCc1ccc(Cl)cc1Cl)[C@@]1(CCS(=O)(=O)c2ccccc2)N=C(c2ccc(OCCCO)cc2)O[C@H]1c1ccc(Cl)cc1Cl. The van der Waals surface area contributed by atoms with E-state index in [1.165, 1.54) is 18.2 Å². The van der Waals surface area contributed by atoms with E-state index < -0.39 is 33.1 Å². The number of ether oxygens (including phenoxy) is 2. The number of carbonyl (C=O) groups is 1. The van der Waals surface area contributed by atoms with E-state index in [-0.39, 0.29) is 35.4 Å². The molecule has 14 heteroatoms. The molecule has 4 aromatic carbocycles. The van der Waals surface area contributed by atoms with Gasteiger partial charge in [0.25, 0.3) is 5.91 Å². The fourth-order valence-corrected chi connectivity index (χ4v) is 7.46. The number of sulfone groups is 1. The molecule has 0 unspecified atom stereocenters. The molecule has 1 heterocycles. The smallest absolute Gasteiger partial charge is 0.266 e. The van der Waals surface area contributed by atoms with Crippen LogP contribution in [-0.2, 0) is 25.9 Å². The van der Waals surface area contributed by atoms with Gasteiger partial charge in [-0.2, -0.15) is 0 Å². The molecule has 0 radical (unpaired) electrons. The Bertz CT molecular complexity index is 1900. The van der Waals surface area contributed by atoms with Gasteiger partial charge >= 0.3 is 0 Å². The van der Waals surface area contributed by atoms with Crippen LogP contribution in [0.25, 0.3) is 0 Å². The fraction of sp³-hybridized carbons (Fsp3) is 0.235. The van der Waals surface area contributed by atoms with Crippen molar-refractivity contribution in [2.24, 2.45) is 4.99 Å². The number of aliphatic hydroxyl groups is 1. The van der Waals surface area contributed by atoms with Crippen molar-refractivity contribution in [3.8, 4) is 5.75 Å². The number of nitrogens with one attached hydrogen (secondary N) is 2. The van der Waals surface area contributed by atoms with E-state index in [0.29, 0.717) is 50.5 Å². The van der Waals surface area contributed by atoms with E-state index in [2.05, 4.69) is 10.9 Å². The minimum atomic E-state index is -3.86. The molecule has 2 atom stereocenters. The summed E-state index contributed by atoms with van der Waals surface area (Å²) >= 11 is 25.3. The molecule has 5 rings (SSSR count). The molecule has 4 aromatic rings. The summed E-state index contributed by atoms with van der Waals surface area (Å²) in [4.78, 5) is 19.3. The van der Waals surface area contributed by atoms with Crippen molar-refractivity contribution in [2.45, 2.75) is 35.9 Å².